The summed E-state index contributed by atoms with van der Waals surface area (Å²) in [7, 11) is 0. The minimum Gasteiger partial charge on any atom is -0.478 e. The molecule has 0 bridgehead atoms. The van der Waals surface area contributed by atoms with Gasteiger partial charge in [0, 0.05) is 5.56 Å². The Morgan fingerprint density at radius 3 is 2.47 bits per heavy atom. The van der Waals surface area contributed by atoms with Crippen LogP contribution >= 0.6 is 22.9 Å². The molecule has 5 nitrogen and oxygen atoms in total. The van der Waals surface area contributed by atoms with Crippen LogP contribution in [-0.2, 0) is 0 Å². The van der Waals surface area contributed by atoms with E-state index in [4.69, 9.17) is 5.11 Å². The van der Waals surface area contributed by atoms with E-state index in [0.717, 1.165) is 11.3 Å². The molecule has 1 heterocycles. The molecule has 0 saturated heterocycles. The number of nitrogens with zero attached hydrogens (tertiary/aromatic N) is 3. The second-order valence-corrected chi connectivity index (χ2v) is 3.86. The highest BCUT2D eigenvalue weighted by Crippen LogP contribution is 2.17. The van der Waals surface area contributed by atoms with Gasteiger partial charge >= 0.3 is 5.97 Å². The molecule has 15 heavy (non-hydrogen) atoms. The molecule has 2 aromatic rings. The Morgan fingerprint density at radius 1 is 1.33 bits per heavy atom. The lowest BCUT2D eigenvalue weighted by atomic mass is 10.1. The minimum atomic E-state index is -0.931. The lowest BCUT2D eigenvalue weighted by Crippen LogP contribution is -1.94. The van der Waals surface area contributed by atoms with Crippen LogP contribution in [0.15, 0.2) is 30.5 Å². The van der Waals surface area contributed by atoms with Gasteiger partial charge in [0.25, 0.3) is 0 Å². The first-order chi connectivity index (χ1) is 7.16. The van der Waals surface area contributed by atoms with Gasteiger partial charge in [0.2, 0.25) is 0 Å². The molecule has 0 aliphatic carbocycles. The van der Waals surface area contributed by atoms with Crippen molar-refractivity contribution in [3.05, 3.63) is 36.0 Å². The standard InChI is InChI=1S/C9H6IN3O2/c10-13-5-8(11-12-13)6-1-3-7(4-2-6)9(14)15/h1-5H,(H,14,15). The number of aromatic carboxylic acids is 1. The maximum atomic E-state index is 10.6. The quantitative estimate of drug-likeness (QED) is 0.859. The third-order valence-corrected chi connectivity index (χ3v) is 2.37. The van der Waals surface area contributed by atoms with E-state index in [-0.39, 0.29) is 5.56 Å². The molecule has 0 atom stereocenters. The molecular formula is C9H6IN3O2. The summed E-state index contributed by atoms with van der Waals surface area (Å²) >= 11 is 1.99. The zero-order chi connectivity index (χ0) is 10.8. The van der Waals surface area contributed by atoms with Crippen LogP contribution in [0.4, 0.5) is 0 Å². The van der Waals surface area contributed by atoms with E-state index >= 15 is 0 Å². The zero-order valence-corrected chi connectivity index (χ0v) is 9.62. The van der Waals surface area contributed by atoms with Gasteiger partial charge in [-0.2, -0.15) is 2.90 Å². The molecule has 1 aromatic carbocycles. The van der Waals surface area contributed by atoms with E-state index in [2.05, 4.69) is 10.3 Å². The fourth-order valence-electron chi connectivity index (χ4n) is 1.16. The van der Waals surface area contributed by atoms with Crippen molar-refractivity contribution >= 4 is 28.8 Å². The molecule has 0 spiro atoms. The van der Waals surface area contributed by atoms with E-state index in [1.807, 2.05) is 22.9 Å². The molecule has 0 radical (unpaired) electrons. The van der Waals surface area contributed by atoms with Crippen molar-refractivity contribution in [1.29, 1.82) is 0 Å². The number of carboxylic acid groups (broad SMARTS) is 1. The number of hydrogen-bond acceptors (Lipinski definition) is 3. The predicted molar refractivity (Wildman–Crippen MR) is 61.8 cm³/mol. The van der Waals surface area contributed by atoms with Crippen LogP contribution in [0.5, 0.6) is 0 Å². The first kappa shape index (κ1) is 10.1. The summed E-state index contributed by atoms with van der Waals surface area (Å²) in [5.41, 5.74) is 1.84. The molecule has 0 aliphatic heterocycles. The molecule has 0 unspecified atom stereocenters. The van der Waals surface area contributed by atoms with Crippen molar-refractivity contribution in [2.45, 2.75) is 0 Å². The number of rotatable bonds is 2. The van der Waals surface area contributed by atoms with Crippen molar-refractivity contribution in [3.8, 4) is 11.3 Å². The fourth-order valence-corrected chi connectivity index (χ4v) is 1.52. The molecule has 6 heteroatoms. The van der Waals surface area contributed by atoms with E-state index in [1.54, 1.807) is 33.4 Å². The lowest BCUT2D eigenvalue weighted by molar-refractivity contribution is 0.0697. The Balaban J connectivity index is 2.35. The van der Waals surface area contributed by atoms with E-state index in [0.29, 0.717) is 0 Å². The van der Waals surface area contributed by atoms with Crippen molar-refractivity contribution in [3.63, 3.8) is 0 Å². The SMILES string of the molecule is O=C(O)c1ccc(-c2cn(I)nn2)cc1. The highest BCUT2D eigenvalue weighted by atomic mass is 127. The van der Waals surface area contributed by atoms with Crippen LogP contribution in [-0.4, -0.2) is 24.3 Å². The zero-order valence-electron chi connectivity index (χ0n) is 7.46. The smallest absolute Gasteiger partial charge is 0.335 e. The van der Waals surface area contributed by atoms with Crippen LogP contribution in [0.25, 0.3) is 11.3 Å². The Bertz CT molecular complexity index is 492. The second kappa shape index (κ2) is 3.97. The average Bonchev–Trinajstić information content (AvgIpc) is 2.65. The van der Waals surface area contributed by atoms with Gasteiger partial charge in [-0.1, -0.05) is 17.3 Å². The monoisotopic (exact) mass is 315 g/mol. The highest BCUT2D eigenvalue weighted by Gasteiger charge is 2.05. The molecule has 2 rings (SSSR count). The minimum absolute atomic E-state index is 0.264. The molecule has 0 fully saturated rings. The van der Waals surface area contributed by atoms with Gasteiger partial charge in [-0.15, -0.1) is 5.10 Å². The number of benzene rings is 1. The maximum Gasteiger partial charge on any atom is 0.335 e. The molecule has 0 saturated carbocycles. The van der Waals surface area contributed by atoms with Crippen LogP contribution < -0.4 is 0 Å². The van der Waals surface area contributed by atoms with Gasteiger partial charge < -0.3 is 5.11 Å². The number of carbonyl (C=O) groups is 1. The van der Waals surface area contributed by atoms with Crippen LogP contribution in [0.1, 0.15) is 10.4 Å². The summed E-state index contributed by atoms with van der Waals surface area (Å²) < 4.78 is 1.57. The van der Waals surface area contributed by atoms with Gasteiger partial charge in [0.1, 0.15) is 5.69 Å². The van der Waals surface area contributed by atoms with Crippen LogP contribution in [0, 0.1) is 0 Å². The number of carboxylic acids is 1. The normalized spacial score (nSPS) is 10.2. The summed E-state index contributed by atoms with van der Waals surface area (Å²) in [6.07, 6.45) is 1.76. The summed E-state index contributed by atoms with van der Waals surface area (Å²) in [5, 5.41) is 16.4. The Morgan fingerprint density at radius 2 is 2.00 bits per heavy atom. The van der Waals surface area contributed by atoms with Crippen LogP contribution in [0.3, 0.4) is 0 Å². The Kier molecular flexibility index (Phi) is 2.67. The first-order valence-electron chi connectivity index (χ1n) is 4.09. The lowest BCUT2D eigenvalue weighted by Gasteiger charge is -1.96. The molecule has 1 aromatic heterocycles. The van der Waals surface area contributed by atoms with E-state index < -0.39 is 5.97 Å². The van der Waals surface area contributed by atoms with Crippen molar-refractivity contribution < 1.29 is 9.90 Å². The maximum absolute atomic E-state index is 10.6. The summed E-state index contributed by atoms with van der Waals surface area (Å²) in [6.45, 7) is 0. The summed E-state index contributed by atoms with van der Waals surface area (Å²) in [4.78, 5) is 10.6. The molecule has 0 aliphatic rings. The van der Waals surface area contributed by atoms with Gasteiger partial charge in [-0.05, 0) is 12.1 Å². The molecule has 1 N–H and O–H groups in total. The number of halogens is 1. The van der Waals surface area contributed by atoms with E-state index in [1.165, 1.54) is 0 Å². The topological polar surface area (TPSA) is 68.0 Å². The molecule has 0 amide bonds. The highest BCUT2D eigenvalue weighted by molar-refractivity contribution is 14.1. The Labute approximate surface area is 99.2 Å². The largest absolute Gasteiger partial charge is 0.478 e. The summed E-state index contributed by atoms with van der Waals surface area (Å²) in [6, 6.07) is 6.52. The van der Waals surface area contributed by atoms with Gasteiger partial charge in [0.05, 0.1) is 34.6 Å². The van der Waals surface area contributed by atoms with Gasteiger partial charge in [0.15, 0.2) is 0 Å². The van der Waals surface area contributed by atoms with Gasteiger partial charge in [-0.3, -0.25) is 0 Å². The van der Waals surface area contributed by atoms with Crippen molar-refractivity contribution in [1.82, 2.24) is 13.2 Å². The first-order valence-corrected chi connectivity index (χ1v) is 5.05. The number of hydrogen-bond donors (Lipinski definition) is 1. The van der Waals surface area contributed by atoms with Crippen molar-refractivity contribution in [2.75, 3.05) is 0 Å². The third kappa shape index (κ3) is 2.14. The predicted octanol–water partition coefficient (Wildman–Crippen LogP) is 1.84. The average molecular weight is 315 g/mol. The number of aromatic nitrogens is 3. The van der Waals surface area contributed by atoms with Crippen molar-refractivity contribution in [2.24, 2.45) is 0 Å². The third-order valence-electron chi connectivity index (χ3n) is 1.89. The summed E-state index contributed by atoms with van der Waals surface area (Å²) in [5.74, 6) is -0.931. The molecule has 76 valence electrons. The van der Waals surface area contributed by atoms with Crippen LogP contribution in [0.2, 0.25) is 0 Å². The molecular weight excluding hydrogens is 309 g/mol. The van der Waals surface area contributed by atoms with E-state index in [9.17, 15) is 4.79 Å². The fraction of sp³-hybridized carbons (Fsp3) is 0. The Hall–Kier alpha value is -1.44. The van der Waals surface area contributed by atoms with Gasteiger partial charge in [-0.25, -0.2) is 4.79 Å². The second-order valence-electron chi connectivity index (χ2n) is 2.87.